The lowest BCUT2D eigenvalue weighted by atomic mass is 10.1. The standard InChI is InChI=1S/C25H23ClFN7O2S/c1-3-34-23(31(2)24-29-21(20(14-28)37-24)15-4-6-16(27)7-5-15)18-12-17(13-19(26)22(18)30-34)32-8-10-33(11-9-32)25(35)36/h4-7,12-13H,3,8-11H2,1-2H3,(H,35,36). The van der Waals surface area contributed by atoms with Crippen molar-refractivity contribution in [2.24, 2.45) is 0 Å². The van der Waals surface area contributed by atoms with E-state index in [1.807, 2.05) is 35.7 Å². The summed E-state index contributed by atoms with van der Waals surface area (Å²) < 4.78 is 15.3. The number of thiazole rings is 1. The van der Waals surface area contributed by atoms with Crippen molar-refractivity contribution in [1.29, 1.82) is 5.26 Å². The van der Waals surface area contributed by atoms with Crippen LogP contribution in [0.2, 0.25) is 5.02 Å². The minimum atomic E-state index is -0.915. The van der Waals surface area contributed by atoms with Crippen LogP contribution in [0, 0.1) is 17.1 Å². The fraction of sp³-hybridized carbons (Fsp3) is 0.280. The molecule has 0 aliphatic carbocycles. The van der Waals surface area contributed by atoms with E-state index < -0.39 is 6.09 Å². The van der Waals surface area contributed by atoms with Crippen molar-refractivity contribution in [2.75, 3.05) is 43.0 Å². The third-order valence-corrected chi connectivity index (χ3v) is 7.73. The molecule has 2 aromatic carbocycles. The van der Waals surface area contributed by atoms with Gasteiger partial charge in [-0.05, 0) is 43.3 Å². The highest BCUT2D eigenvalue weighted by molar-refractivity contribution is 7.16. The first-order chi connectivity index (χ1) is 17.8. The van der Waals surface area contributed by atoms with Crippen LogP contribution in [0.1, 0.15) is 11.8 Å². The highest BCUT2D eigenvalue weighted by atomic mass is 35.5. The number of hydrogen-bond donors (Lipinski definition) is 1. The van der Waals surface area contributed by atoms with Crippen LogP contribution in [0.5, 0.6) is 0 Å². The molecule has 0 bridgehead atoms. The summed E-state index contributed by atoms with van der Waals surface area (Å²) in [5.74, 6) is 0.416. The maximum Gasteiger partial charge on any atom is 0.407 e. The Labute approximate surface area is 221 Å². The Morgan fingerprint density at radius 3 is 2.57 bits per heavy atom. The fourth-order valence-electron chi connectivity index (χ4n) is 4.50. The molecular weight excluding hydrogens is 517 g/mol. The van der Waals surface area contributed by atoms with Gasteiger partial charge >= 0.3 is 6.09 Å². The van der Waals surface area contributed by atoms with E-state index in [4.69, 9.17) is 21.7 Å². The number of aromatic nitrogens is 3. The van der Waals surface area contributed by atoms with Crippen molar-refractivity contribution in [3.8, 4) is 17.3 Å². The number of amides is 1. The Morgan fingerprint density at radius 2 is 1.95 bits per heavy atom. The smallest absolute Gasteiger partial charge is 0.407 e. The lowest BCUT2D eigenvalue weighted by Gasteiger charge is -2.34. The number of carbonyl (C=O) groups is 1. The molecule has 0 spiro atoms. The Hall–Kier alpha value is -3.88. The molecule has 9 nitrogen and oxygen atoms in total. The van der Waals surface area contributed by atoms with Crippen LogP contribution >= 0.6 is 22.9 Å². The van der Waals surface area contributed by atoms with E-state index in [9.17, 15) is 19.6 Å². The molecular formula is C25H23ClFN7O2S. The third-order valence-electron chi connectivity index (χ3n) is 6.41. The summed E-state index contributed by atoms with van der Waals surface area (Å²) >= 11 is 7.93. The van der Waals surface area contributed by atoms with Crippen LogP contribution in [0.3, 0.4) is 0 Å². The number of aryl methyl sites for hydroxylation is 1. The zero-order chi connectivity index (χ0) is 26.3. The summed E-state index contributed by atoms with van der Waals surface area (Å²) in [5.41, 5.74) is 2.69. The topological polar surface area (TPSA) is 102 Å². The number of anilines is 3. The lowest BCUT2D eigenvalue weighted by Crippen LogP contribution is -2.48. The minimum Gasteiger partial charge on any atom is -0.465 e. The van der Waals surface area contributed by atoms with Gasteiger partial charge in [-0.25, -0.2) is 18.9 Å². The zero-order valence-corrected chi connectivity index (χ0v) is 21.7. The van der Waals surface area contributed by atoms with Crippen molar-refractivity contribution in [3.05, 3.63) is 52.1 Å². The van der Waals surface area contributed by atoms with Crippen molar-refractivity contribution in [2.45, 2.75) is 13.5 Å². The van der Waals surface area contributed by atoms with Crippen LogP contribution < -0.4 is 9.80 Å². The molecule has 37 heavy (non-hydrogen) atoms. The van der Waals surface area contributed by atoms with Crippen LogP contribution in [-0.4, -0.2) is 64.1 Å². The number of hydrogen-bond acceptors (Lipinski definition) is 7. The van der Waals surface area contributed by atoms with Gasteiger partial charge in [0.2, 0.25) is 0 Å². The predicted molar refractivity (Wildman–Crippen MR) is 143 cm³/mol. The van der Waals surface area contributed by atoms with Gasteiger partial charge in [0.15, 0.2) is 5.13 Å². The zero-order valence-electron chi connectivity index (χ0n) is 20.1. The SMILES string of the molecule is CCn1nc2c(Cl)cc(N3CCN(C(=O)O)CC3)cc2c1N(C)c1nc(-c2ccc(F)cc2)c(C#N)s1. The van der Waals surface area contributed by atoms with E-state index >= 15 is 0 Å². The highest BCUT2D eigenvalue weighted by Gasteiger charge is 2.25. The van der Waals surface area contributed by atoms with Crippen molar-refractivity contribution in [3.63, 3.8) is 0 Å². The molecule has 5 rings (SSSR count). The molecule has 0 atom stereocenters. The van der Waals surface area contributed by atoms with E-state index in [1.54, 1.807) is 12.1 Å². The third kappa shape index (κ3) is 4.54. The number of halogens is 2. The maximum absolute atomic E-state index is 13.4. The minimum absolute atomic E-state index is 0.356. The largest absolute Gasteiger partial charge is 0.465 e. The molecule has 4 aromatic rings. The molecule has 1 aliphatic rings. The van der Waals surface area contributed by atoms with Gasteiger partial charge in [0.25, 0.3) is 0 Å². The summed E-state index contributed by atoms with van der Waals surface area (Å²) in [6.45, 7) is 4.50. The molecule has 0 saturated carbocycles. The van der Waals surface area contributed by atoms with Crippen LogP contribution in [0.4, 0.5) is 25.8 Å². The molecule has 1 amide bonds. The molecule has 0 unspecified atom stereocenters. The molecule has 190 valence electrons. The first-order valence-corrected chi connectivity index (χ1v) is 12.8. The molecule has 1 fully saturated rings. The van der Waals surface area contributed by atoms with Gasteiger partial charge in [-0.15, -0.1) is 0 Å². The van der Waals surface area contributed by atoms with Crippen LogP contribution in [0.15, 0.2) is 36.4 Å². The fourth-order valence-corrected chi connectivity index (χ4v) is 5.60. The summed E-state index contributed by atoms with van der Waals surface area (Å²) in [4.78, 5) is 21.9. The Balaban J connectivity index is 1.56. The number of carboxylic acid groups (broad SMARTS) is 1. The summed E-state index contributed by atoms with van der Waals surface area (Å²) in [7, 11) is 1.86. The number of nitriles is 1. The van der Waals surface area contributed by atoms with Crippen molar-refractivity contribution >= 4 is 56.6 Å². The van der Waals surface area contributed by atoms with Crippen molar-refractivity contribution in [1.82, 2.24) is 19.7 Å². The number of rotatable bonds is 5. The second-order valence-electron chi connectivity index (χ2n) is 8.57. The summed E-state index contributed by atoms with van der Waals surface area (Å²) in [6, 6.07) is 12.0. The van der Waals surface area contributed by atoms with E-state index in [0.29, 0.717) is 64.5 Å². The average Bonchev–Trinajstić information content (AvgIpc) is 3.51. The van der Waals surface area contributed by atoms with E-state index in [2.05, 4.69) is 11.0 Å². The summed E-state index contributed by atoms with van der Waals surface area (Å²) in [5, 5.41) is 25.7. The average molecular weight is 540 g/mol. The normalized spacial score (nSPS) is 13.7. The Morgan fingerprint density at radius 1 is 1.24 bits per heavy atom. The molecule has 1 aliphatic heterocycles. The molecule has 3 heterocycles. The van der Waals surface area contributed by atoms with Crippen LogP contribution in [0.25, 0.3) is 22.2 Å². The van der Waals surface area contributed by atoms with E-state index in [-0.39, 0.29) is 5.82 Å². The predicted octanol–water partition coefficient (Wildman–Crippen LogP) is 5.41. The number of nitrogens with zero attached hydrogens (tertiary/aromatic N) is 7. The number of piperazine rings is 1. The summed E-state index contributed by atoms with van der Waals surface area (Å²) in [6.07, 6.45) is -0.915. The highest BCUT2D eigenvalue weighted by Crippen LogP contribution is 2.40. The van der Waals surface area contributed by atoms with Gasteiger partial charge < -0.3 is 19.8 Å². The van der Waals surface area contributed by atoms with Gasteiger partial charge in [0, 0.05) is 56.4 Å². The Kier molecular flexibility index (Phi) is 6.62. The number of benzene rings is 2. The van der Waals surface area contributed by atoms with Gasteiger partial charge in [-0.3, -0.25) is 0 Å². The quantitative estimate of drug-likeness (QED) is 0.361. The molecule has 2 aromatic heterocycles. The molecule has 1 N–H and O–H groups in total. The molecule has 1 saturated heterocycles. The lowest BCUT2D eigenvalue weighted by molar-refractivity contribution is 0.142. The van der Waals surface area contributed by atoms with Gasteiger partial charge in [-0.2, -0.15) is 10.4 Å². The molecule has 0 radical (unpaired) electrons. The second-order valence-corrected chi connectivity index (χ2v) is 9.96. The van der Waals surface area contributed by atoms with Gasteiger partial charge in [0.1, 0.15) is 33.8 Å². The van der Waals surface area contributed by atoms with Crippen LogP contribution in [-0.2, 0) is 6.54 Å². The van der Waals surface area contributed by atoms with Gasteiger partial charge in [-0.1, -0.05) is 22.9 Å². The molecule has 12 heteroatoms. The van der Waals surface area contributed by atoms with E-state index in [0.717, 1.165) is 16.9 Å². The second kappa shape index (κ2) is 9.88. The number of fused-ring (bicyclic) bond motifs is 1. The van der Waals surface area contributed by atoms with Gasteiger partial charge in [0.05, 0.1) is 5.02 Å². The van der Waals surface area contributed by atoms with E-state index in [1.165, 1.54) is 28.4 Å². The first-order valence-electron chi connectivity index (χ1n) is 11.6. The van der Waals surface area contributed by atoms with Crippen molar-refractivity contribution < 1.29 is 14.3 Å². The first kappa shape index (κ1) is 24.8. The maximum atomic E-state index is 13.4. The Bertz CT molecular complexity index is 1520. The monoisotopic (exact) mass is 539 g/mol.